The molecule has 4 aromatic rings. The second-order valence-corrected chi connectivity index (χ2v) is 9.15. The van der Waals surface area contributed by atoms with Gasteiger partial charge in [-0.05, 0) is 70.0 Å². The molecule has 1 aliphatic rings. The van der Waals surface area contributed by atoms with Crippen LogP contribution in [0.2, 0.25) is 0 Å². The van der Waals surface area contributed by atoms with Crippen LogP contribution in [0.4, 0.5) is 0 Å². The molecule has 0 spiro atoms. The van der Waals surface area contributed by atoms with Gasteiger partial charge in [0.25, 0.3) is 5.56 Å². The number of hydrogen-bond acceptors (Lipinski definition) is 6. The fourth-order valence-corrected chi connectivity index (χ4v) is 4.47. The standard InChI is InChI=1S/C27H29N3O5/c1-17(2)34-20-12-10-19(11-13-20)25-28-23(18(3)35-25)16-29-24-9-5-4-8-22(24)26(31)30(27(29)32)15-21-7-6-14-33-21/h4-5,8-13,17,21H,6-7,14-16H2,1-3H3/t21-/m1/s1. The molecule has 8 heteroatoms. The van der Waals surface area contributed by atoms with Gasteiger partial charge in [0.05, 0.1) is 36.2 Å². The summed E-state index contributed by atoms with van der Waals surface area (Å²) in [7, 11) is 0. The fraction of sp³-hybridized carbons (Fsp3) is 0.370. The lowest BCUT2D eigenvalue weighted by Crippen LogP contribution is -2.42. The number of fused-ring (bicyclic) bond motifs is 1. The largest absolute Gasteiger partial charge is 0.491 e. The molecular weight excluding hydrogens is 446 g/mol. The first kappa shape index (κ1) is 23.1. The highest BCUT2D eigenvalue weighted by Gasteiger charge is 2.22. The second-order valence-electron chi connectivity index (χ2n) is 9.15. The molecule has 0 unspecified atom stereocenters. The molecular formula is C27H29N3O5. The van der Waals surface area contributed by atoms with E-state index in [0.717, 1.165) is 24.2 Å². The van der Waals surface area contributed by atoms with Crippen LogP contribution in [0, 0.1) is 6.92 Å². The van der Waals surface area contributed by atoms with E-state index in [1.54, 1.807) is 22.8 Å². The van der Waals surface area contributed by atoms with Crippen LogP contribution in [-0.4, -0.2) is 32.9 Å². The Kier molecular flexibility index (Phi) is 6.30. The lowest BCUT2D eigenvalue weighted by atomic mass is 10.2. The van der Waals surface area contributed by atoms with Crippen molar-refractivity contribution < 1.29 is 13.9 Å². The highest BCUT2D eigenvalue weighted by atomic mass is 16.5. The van der Waals surface area contributed by atoms with Crippen LogP contribution in [0.3, 0.4) is 0 Å². The third-order valence-electron chi connectivity index (χ3n) is 6.22. The number of aryl methyl sites for hydroxylation is 1. The van der Waals surface area contributed by atoms with Crippen molar-refractivity contribution in [1.82, 2.24) is 14.1 Å². The molecule has 182 valence electrons. The Bertz CT molecular complexity index is 1460. The Labute approximate surface area is 202 Å². The highest BCUT2D eigenvalue weighted by molar-refractivity contribution is 5.77. The van der Waals surface area contributed by atoms with Crippen molar-refractivity contribution in [3.8, 4) is 17.2 Å². The van der Waals surface area contributed by atoms with Crippen LogP contribution in [0.15, 0.2) is 62.5 Å². The van der Waals surface area contributed by atoms with Gasteiger partial charge in [-0.3, -0.25) is 13.9 Å². The summed E-state index contributed by atoms with van der Waals surface area (Å²) < 4.78 is 20.2. The smallest absolute Gasteiger partial charge is 0.331 e. The van der Waals surface area contributed by atoms with Crippen LogP contribution in [0.1, 0.15) is 38.1 Å². The fourth-order valence-electron chi connectivity index (χ4n) is 4.47. The quantitative estimate of drug-likeness (QED) is 0.399. The van der Waals surface area contributed by atoms with Crippen LogP contribution in [0.25, 0.3) is 22.4 Å². The predicted molar refractivity (Wildman–Crippen MR) is 133 cm³/mol. The number of aromatic nitrogens is 3. The molecule has 8 nitrogen and oxygen atoms in total. The van der Waals surface area contributed by atoms with E-state index in [-0.39, 0.29) is 36.5 Å². The van der Waals surface area contributed by atoms with Gasteiger partial charge in [0.1, 0.15) is 17.2 Å². The van der Waals surface area contributed by atoms with Crippen LogP contribution in [0.5, 0.6) is 5.75 Å². The third-order valence-corrected chi connectivity index (χ3v) is 6.22. The molecule has 35 heavy (non-hydrogen) atoms. The predicted octanol–water partition coefficient (Wildman–Crippen LogP) is 4.14. The van der Waals surface area contributed by atoms with Gasteiger partial charge < -0.3 is 13.9 Å². The van der Waals surface area contributed by atoms with E-state index in [2.05, 4.69) is 4.98 Å². The number of ether oxygens (including phenoxy) is 2. The minimum absolute atomic E-state index is 0.0908. The van der Waals surface area contributed by atoms with Gasteiger partial charge in [-0.15, -0.1) is 0 Å². The molecule has 1 fully saturated rings. The number of para-hydroxylation sites is 1. The molecule has 5 rings (SSSR count). The Morgan fingerprint density at radius 3 is 2.57 bits per heavy atom. The maximum absolute atomic E-state index is 13.5. The zero-order valence-electron chi connectivity index (χ0n) is 20.2. The summed E-state index contributed by atoms with van der Waals surface area (Å²) in [6, 6.07) is 14.7. The summed E-state index contributed by atoms with van der Waals surface area (Å²) in [6.07, 6.45) is 1.74. The Morgan fingerprint density at radius 2 is 1.86 bits per heavy atom. The zero-order valence-corrected chi connectivity index (χ0v) is 20.2. The summed E-state index contributed by atoms with van der Waals surface area (Å²) in [6.45, 7) is 6.88. The first-order chi connectivity index (χ1) is 16.9. The first-order valence-corrected chi connectivity index (χ1v) is 12.0. The average molecular weight is 476 g/mol. The van der Waals surface area contributed by atoms with E-state index in [1.807, 2.05) is 51.1 Å². The topological polar surface area (TPSA) is 88.5 Å². The molecule has 0 N–H and O–H groups in total. The maximum atomic E-state index is 13.5. The number of rotatable bonds is 7. The summed E-state index contributed by atoms with van der Waals surface area (Å²) >= 11 is 0. The van der Waals surface area contributed by atoms with Crippen molar-refractivity contribution in [1.29, 1.82) is 0 Å². The lowest BCUT2D eigenvalue weighted by molar-refractivity contribution is 0.0948. The molecule has 0 aliphatic carbocycles. The van der Waals surface area contributed by atoms with E-state index < -0.39 is 0 Å². The monoisotopic (exact) mass is 475 g/mol. The van der Waals surface area contributed by atoms with Gasteiger partial charge in [-0.25, -0.2) is 9.78 Å². The highest BCUT2D eigenvalue weighted by Crippen LogP contribution is 2.25. The molecule has 0 radical (unpaired) electrons. The summed E-state index contributed by atoms with van der Waals surface area (Å²) in [5.41, 5.74) is 1.36. The molecule has 1 aliphatic heterocycles. The van der Waals surface area contributed by atoms with Crippen molar-refractivity contribution in [2.24, 2.45) is 0 Å². The minimum Gasteiger partial charge on any atom is -0.491 e. The second kappa shape index (κ2) is 9.54. The van der Waals surface area contributed by atoms with Crippen molar-refractivity contribution in [2.75, 3.05) is 6.61 Å². The van der Waals surface area contributed by atoms with Crippen LogP contribution >= 0.6 is 0 Å². The summed E-state index contributed by atoms with van der Waals surface area (Å²) in [4.78, 5) is 31.3. The molecule has 0 amide bonds. The first-order valence-electron chi connectivity index (χ1n) is 12.0. The van der Waals surface area contributed by atoms with Crippen molar-refractivity contribution >= 4 is 10.9 Å². The summed E-state index contributed by atoms with van der Waals surface area (Å²) in [5, 5.41) is 0.493. The van der Waals surface area contributed by atoms with Crippen LogP contribution < -0.4 is 16.0 Å². The minimum atomic E-state index is -0.372. The Morgan fingerprint density at radius 1 is 1.09 bits per heavy atom. The van der Waals surface area contributed by atoms with Gasteiger partial charge in [0.2, 0.25) is 5.89 Å². The zero-order chi connectivity index (χ0) is 24.5. The van der Waals surface area contributed by atoms with Crippen molar-refractivity contribution in [2.45, 2.75) is 58.9 Å². The van der Waals surface area contributed by atoms with Gasteiger partial charge >= 0.3 is 5.69 Å². The normalized spacial score (nSPS) is 15.8. The van der Waals surface area contributed by atoms with Gasteiger partial charge in [-0.2, -0.15) is 0 Å². The van der Waals surface area contributed by atoms with Gasteiger partial charge in [0.15, 0.2) is 0 Å². The average Bonchev–Trinajstić information content (AvgIpc) is 3.49. The molecule has 0 bridgehead atoms. The number of benzene rings is 2. The molecule has 2 aromatic heterocycles. The summed E-state index contributed by atoms with van der Waals surface area (Å²) in [5.74, 6) is 1.87. The number of oxazole rings is 1. The van der Waals surface area contributed by atoms with E-state index in [9.17, 15) is 9.59 Å². The maximum Gasteiger partial charge on any atom is 0.331 e. The van der Waals surface area contributed by atoms with Crippen LogP contribution in [-0.2, 0) is 17.8 Å². The molecule has 2 aromatic carbocycles. The van der Waals surface area contributed by atoms with E-state index in [1.165, 1.54) is 4.57 Å². The third kappa shape index (κ3) is 4.66. The van der Waals surface area contributed by atoms with Gasteiger partial charge in [-0.1, -0.05) is 12.1 Å². The van der Waals surface area contributed by atoms with E-state index >= 15 is 0 Å². The van der Waals surface area contributed by atoms with Gasteiger partial charge in [0, 0.05) is 12.2 Å². The lowest BCUT2D eigenvalue weighted by Gasteiger charge is -2.16. The molecule has 0 saturated carbocycles. The van der Waals surface area contributed by atoms with Crippen molar-refractivity contribution in [3.05, 3.63) is 80.8 Å². The Hall–Kier alpha value is -3.65. The molecule has 3 heterocycles. The van der Waals surface area contributed by atoms with E-state index in [0.29, 0.717) is 34.9 Å². The molecule has 1 atom stereocenters. The SMILES string of the molecule is Cc1oc(-c2ccc(OC(C)C)cc2)nc1Cn1c(=O)n(C[C@H]2CCCO2)c(=O)c2ccccc21. The number of hydrogen-bond donors (Lipinski definition) is 0. The van der Waals surface area contributed by atoms with E-state index in [4.69, 9.17) is 13.9 Å². The van der Waals surface area contributed by atoms with Crippen molar-refractivity contribution in [3.63, 3.8) is 0 Å². The molecule has 1 saturated heterocycles. The number of nitrogens with zero attached hydrogens (tertiary/aromatic N) is 3. The Balaban J connectivity index is 1.51.